The van der Waals surface area contributed by atoms with Crippen LogP contribution < -0.4 is 4.72 Å². The Kier molecular flexibility index (Phi) is 4.04. The van der Waals surface area contributed by atoms with E-state index in [1.165, 1.54) is 18.5 Å². The molecule has 2 N–H and O–H groups in total. The molecule has 0 fully saturated rings. The number of aliphatic hydroxyl groups is 1. The van der Waals surface area contributed by atoms with E-state index in [4.69, 9.17) is 16.7 Å². The molecule has 0 aliphatic heterocycles. The van der Waals surface area contributed by atoms with Gasteiger partial charge in [0.2, 0.25) is 0 Å². The molecule has 0 aliphatic carbocycles. The van der Waals surface area contributed by atoms with Gasteiger partial charge in [0, 0.05) is 18.1 Å². The summed E-state index contributed by atoms with van der Waals surface area (Å²) < 4.78 is 26.6. The molecule has 0 saturated carbocycles. The highest BCUT2D eigenvalue weighted by atomic mass is 35.5. The molecule has 100 valence electrons. The Hall–Kier alpha value is -1.63. The first-order valence-electron chi connectivity index (χ1n) is 5.35. The number of anilines is 1. The van der Waals surface area contributed by atoms with Crippen molar-refractivity contribution in [3.63, 3.8) is 0 Å². The standard InChI is InChI=1S/C12H11ClN2O3S/c13-11-5-6-14-7-12(11)19(17,18)15-10-3-1-9(8-16)2-4-10/h1-7,15-16H,8H2. The molecule has 0 bridgehead atoms. The number of nitrogens with one attached hydrogen (secondary N) is 1. The maximum Gasteiger partial charge on any atom is 0.264 e. The number of nitrogens with zero attached hydrogens (tertiary/aromatic N) is 1. The summed E-state index contributed by atoms with van der Waals surface area (Å²) in [5.41, 5.74) is 1.08. The summed E-state index contributed by atoms with van der Waals surface area (Å²) >= 11 is 5.83. The zero-order chi connectivity index (χ0) is 13.9. The SMILES string of the molecule is O=S(=O)(Nc1ccc(CO)cc1)c1cnccc1Cl. The van der Waals surface area contributed by atoms with Gasteiger partial charge in [-0.3, -0.25) is 9.71 Å². The molecule has 0 aliphatic rings. The first-order valence-corrected chi connectivity index (χ1v) is 7.21. The van der Waals surface area contributed by atoms with Gasteiger partial charge in [0.1, 0.15) is 4.90 Å². The molecule has 0 amide bonds. The van der Waals surface area contributed by atoms with Crippen molar-refractivity contribution in [1.82, 2.24) is 4.98 Å². The van der Waals surface area contributed by atoms with Crippen LogP contribution in [-0.4, -0.2) is 18.5 Å². The quantitative estimate of drug-likeness (QED) is 0.905. The average Bonchev–Trinajstić information content (AvgIpc) is 2.39. The third-order valence-electron chi connectivity index (χ3n) is 2.41. The van der Waals surface area contributed by atoms with Gasteiger partial charge in [-0.1, -0.05) is 23.7 Å². The Morgan fingerprint density at radius 2 is 1.89 bits per heavy atom. The van der Waals surface area contributed by atoms with Crippen molar-refractivity contribution in [2.24, 2.45) is 0 Å². The van der Waals surface area contributed by atoms with Crippen LogP contribution in [0.15, 0.2) is 47.6 Å². The molecule has 19 heavy (non-hydrogen) atoms. The van der Waals surface area contributed by atoms with Gasteiger partial charge in [-0.25, -0.2) is 8.42 Å². The Bertz CT molecular complexity index is 672. The monoisotopic (exact) mass is 298 g/mol. The van der Waals surface area contributed by atoms with Gasteiger partial charge in [-0.2, -0.15) is 0 Å². The maximum absolute atomic E-state index is 12.1. The third-order valence-corrected chi connectivity index (χ3v) is 4.26. The molecule has 1 aromatic heterocycles. The van der Waals surface area contributed by atoms with Gasteiger partial charge in [-0.05, 0) is 23.8 Å². The number of benzene rings is 1. The second-order valence-corrected chi connectivity index (χ2v) is 5.82. The molecule has 2 rings (SSSR count). The fourth-order valence-corrected chi connectivity index (χ4v) is 2.94. The van der Waals surface area contributed by atoms with E-state index in [0.717, 1.165) is 0 Å². The summed E-state index contributed by atoms with van der Waals surface area (Å²) in [6.45, 7) is -0.0958. The van der Waals surface area contributed by atoms with Crippen molar-refractivity contribution >= 4 is 27.3 Å². The normalized spacial score (nSPS) is 11.3. The molecule has 2 aromatic rings. The first kappa shape index (κ1) is 13.8. The number of aromatic nitrogens is 1. The molecular weight excluding hydrogens is 288 g/mol. The highest BCUT2D eigenvalue weighted by Crippen LogP contribution is 2.22. The van der Waals surface area contributed by atoms with Crippen LogP contribution in [0.25, 0.3) is 0 Å². The molecule has 0 spiro atoms. The van der Waals surface area contributed by atoms with Crippen LogP contribution >= 0.6 is 11.6 Å². The number of pyridine rings is 1. The summed E-state index contributed by atoms with van der Waals surface area (Å²) in [4.78, 5) is 3.66. The van der Waals surface area contributed by atoms with E-state index < -0.39 is 10.0 Å². The molecule has 7 heteroatoms. The van der Waals surface area contributed by atoms with E-state index in [0.29, 0.717) is 11.3 Å². The van der Waals surface area contributed by atoms with Crippen LogP contribution in [0.1, 0.15) is 5.56 Å². The summed E-state index contributed by atoms with van der Waals surface area (Å²) in [5.74, 6) is 0. The summed E-state index contributed by atoms with van der Waals surface area (Å²) in [6, 6.07) is 7.79. The average molecular weight is 299 g/mol. The van der Waals surface area contributed by atoms with Crippen LogP contribution in [0.4, 0.5) is 5.69 Å². The Morgan fingerprint density at radius 3 is 2.47 bits per heavy atom. The number of hydrogen-bond donors (Lipinski definition) is 2. The maximum atomic E-state index is 12.1. The minimum Gasteiger partial charge on any atom is -0.392 e. The van der Waals surface area contributed by atoms with E-state index >= 15 is 0 Å². The summed E-state index contributed by atoms with van der Waals surface area (Å²) in [5, 5.41) is 9.02. The van der Waals surface area contributed by atoms with Crippen LogP contribution in [-0.2, 0) is 16.6 Å². The molecule has 0 saturated heterocycles. The minimum atomic E-state index is -3.77. The van der Waals surface area contributed by atoms with E-state index in [1.54, 1.807) is 24.3 Å². The van der Waals surface area contributed by atoms with Crippen LogP contribution in [0.3, 0.4) is 0 Å². The predicted octanol–water partition coefficient (Wildman–Crippen LogP) is 2.03. The molecule has 0 unspecified atom stereocenters. The fourth-order valence-electron chi connectivity index (χ4n) is 1.45. The van der Waals surface area contributed by atoms with Gasteiger partial charge in [0.05, 0.1) is 11.6 Å². The minimum absolute atomic E-state index is 0.0806. The highest BCUT2D eigenvalue weighted by Gasteiger charge is 2.17. The van der Waals surface area contributed by atoms with Crippen molar-refractivity contribution < 1.29 is 13.5 Å². The predicted molar refractivity (Wildman–Crippen MR) is 72.4 cm³/mol. The van der Waals surface area contributed by atoms with Gasteiger partial charge in [0.25, 0.3) is 10.0 Å². The zero-order valence-electron chi connectivity index (χ0n) is 9.75. The fraction of sp³-hybridized carbons (Fsp3) is 0.0833. The lowest BCUT2D eigenvalue weighted by atomic mass is 10.2. The second kappa shape index (κ2) is 5.56. The molecule has 1 heterocycles. The largest absolute Gasteiger partial charge is 0.392 e. The Labute approximate surface area is 115 Å². The van der Waals surface area contributed by atoms with Crippen LogP contribution in [0, 0.1) is 0 Å². The third kappa shape index (κ3) is 3.23. The molecule has 1 aromatic carbocycles. The topological polar surface area (TPSA) is 79.3 Å². The van der Waals surface area contributed by atoms with Crippen LogP contribution in [0.2, 0.25) is 5.02 Å². The number of halogens is 1. The van der Waals surface area contributed by atoms with Gasteiger partial charge in [0.15, 0.2) is 0 Å². The van der Waals surface area contributed by atoms with Crippen LogP contribution in [0.5, 0.6) is 0 Å². The molecule has 0 atom stereocenters. The first-order chi connectivity index (χ1) is 9.03. The lowest BCUT2D eigenvalue weighted by molar-refractivity contribution is 0.282. The van der Waals surface area contributed by atoms with E-state index in [9.17, 15) is 8.42 Å². The number of sulfonamides is 1. The van der Waals surface area contributed by atoms with Crippen molar-refractivity contribution in [3.8, 4) is 0 Å². The number of hydrogen-bond acceptors (Lipinski definition) is 4. The lowest BCUT2D eigenvalue weighted by Crippen LogP contribution is -2.13. The highest BCUT2D eigenvalue weighted by molar-refractivity contribution is 7.92. The van der Waals surface area contributed by atoms with Gasteiger partial charge in [-0.15, -0.1) is 0 Å². The van der Waals surface area contributed by atoms with Gasteiger partial charge >= 0.3 is 0 Å². The smallest absolute Gasteiger partial charge is 0.264 e. The van der Waals surface area contributed by atoms with Crippen molar-refractivity contribution in [2.45, 2.75) is 11.5 Å². The number of aliphatic hydroxyl groups excluding tert-OH is 1. The number of rotatable bonds is 4. The van der Waals surface area contributed by atoms with Gasteiger partial charge < -0.3 is 5.11 Å². The zero-order valence-corrected chi connectivity index (χ0v) is 11.3. The van der Waals surface area contributed by atoms with E-state index in [-0.39, 0.29) is 16.5 Å². The summed E-state index contributed by atoms with van der Waals surface area (Å²) in [7, 11) is -3.77. The Morgan fingerprint density at radius 1 is 1.21 bits per heavy atom. The molecular formula is C12H11ClN2O3S. The molecule has 0 radical (unpaired) electrons. The van der Waals surface area contributed by atoms with Crippen molar-refractivity contribution in [1.29, 1.82) is 0 Å². The molecule has 5 nitrogen and oxygen atoms in total. The van der Waals surface area contributed by atoms with Crippen molar-refractivity contribution in [2.75, 3.05) is 4.72 Å². The second-order valence-electron chi connectivity index (χ2n) is 3.77. The summed E-state index contributed by atoms with van der Waals surface area (Å²) in [6.07, 6.45) is 2.60. The van der Waals surface area contributed by atoms with Crippen molar-refractivity contribution in [3.05, 3.63) is 53.3 Å². The Balaban J connectivity index is 2.28. The lowest BCUT2D eigenvalue weighted by Gasteiger charge is -2.09. The van der Waals surface area contributed by atoms with E-state index in [1.807, 2.05) is 0 Å². The van der Waals surface area contributed by atoms with E-state index in [2.05, 4.69) is 9.71 Å².